The van der Waals surface area contributed by atoms with Gasteiger partial charge in [-0.2, -0.15) is 0 Å². The van der Waals surface area contributed by atoms with Crippen LogP contribution < -0.4 is 5.32 Å². The van der Waals surface area contributed by atoms with Crippen LogP contribution in [0.3, 0.4) is 0 Å². The number of hydrogen-bond donors (Lipinski definition) is 1. The first-order chi connectivity index (χ1) is 14.1. The minimum atomic E-state index is 0.0149. The van der Waals surface area contributed by atoms with Crippen LogP contribution in [0.1, 0.15) is 48.7 Å². The molecule has 1 N–H and O–H groups in total. The van der Waals surface area contributed by atoms with Gasteiger partial charge in [-0.1, -0.05) is 30.7 Å². The van der Waals surface area contributed by atoms with E-state index in [1.165, 1.54) is 6.42 Å². The predicted octanol–water partition coefficient (Wildman–Crippen LogP) is 5.74. The first-order valence-corrected chi connectivity index (χ1v) is 10.5. The molecule has 3 aromatic rings. The molecule has 1 aromatic carbocycles. The molecule has 150 valence electrons. The second-order valence-corrected chi connectivity index (χ2v) is 7.94. The van der Waals surface area contributed by atoms with Crippen molar-refractivity contribution in [2.24, 2.45) is 0 Å². The fourth-order valence-electron chi connectivity index (χ4n) is 4.01. The summed E-state index contributed by atoms with van der Waals surface area (Å²) in [5, 5.41) is 4.81. The van der Waals surface area contributed by atoms with E-state index in [-0.39, 0.29) is 11.9 Å². The van der Waals surface area contributed by atoms with E-state index in [4.69, 9.17) is 11.6 Å². The molecule has 29 heavy (non-hydrogen) atoms. The normalized spacial score (nSPS) is 16.8. The van der Waals surface area contributed by atoms with Crippen molar-refractivity contribution in [3.63, 3.8) is 0 Å². The van der Waals surface area contributed by atoms with Crippen LogP contribution >= 0.6 is 11.6 Å². The van der Waals surface area contributed by atoms with Crippen LogP contribution in [0.2, 0.25) is 5.02 Å². The molecule has 1 saturated heterocycles. The van der Waals surface area contributed by atoms with E-state index >= 15 is 0 Å². The average molecular weight is 409 g/mol. The maximum atomic E-state index is 13.6. The Morgan fingerprint density at radius 1 is 1.24 bits per heavy atom. The van der Waals surface area contributed by atoms with Crippen molar-refractivity contribution in [1.82, 2.24) is 14.9 Å². The molecular formula is C23H25ClN4O. The number of amides is 1. The molecule has 0 spiro atoms. The SMILES string of the molecule is CC[C@@H]1CCCCN1C(=O)c1cnc2nc(C)ccc2c1Nc1ccccc1Cl. The Balaban J connectivity index is 1.83. The molecule has 5 nitrogen and oxygen atoms in total. The first kappa shape index (κ1) is 19.6. The number of hydrogen-bond acceptors (Lipinski definition) is 4. The van der Waals surface area contributed by atoms with Crippen LogP contribution in [-0.4, -0.2) is 33.4 Å². The third kappa shape index (κ3) is 3.92. The van der Waals surface area contributed by atoms with Gasteiger partial charge in [-0.25, -0.2) is 9.97 Å². The standard InChI is InChI=1S/C23H25ClN4O/c1-3-16-8-6-7-13-28(16)23(29)18-14-25-22-17(12-11-15(2)26-22)21(18)27-20-10-5-4-9-19(20)24/h4-5,9-12,14,16H,3,6-8,13H2,1-2H3,(H,25,26,27)/t16-/m1/s1. The number of aromatic nitrogens is 2. The van der Waals surface area contributed by atoms with Crippen molar-refractivity contribution in [2.45, 2.75) is 45.6 Å². The van der Waals surface area contributed by atoms with Gasteiger partial charge in [0.2, 0.25) is 0 Å². The number of aryl methyl sites for hydroxylation is 1. The van der Waals surface area contributed by atoms with Crippen molar-refractivity contribution in [1.29, 1.82) is 0 Å². The van der Waals surface area contributed by atoms with Crippen molar-refractivity contribution in [2.75, 3.05) is 11.9 Å². The third-order valence-electron chi connectivity index (χ3n) is 5.59. The Morgan fingerprint density at radius 2 is 2.07 bits per heavy atom. The molecule has 1 aliphatic rings. The summed E-state index contributed by atoms with van der Waals surface area (Å²) in [4.78, 5) is 24.6. The fourth-order valence-corrected chi connectivity index (χ4v) is 4.20. The lowest BCUT2D eigenvalue weighted by Gasteiger charge is -2.35. The van der Waals surface area contributed by atoms with Gasteiger partial charge < -0.3 is 10.2 Å². The maximum absolute atomic E-state index is 13.6. The van der Waals surface area contributed by atoms with E-state index in [0.717, 1.165) is 42.6 Å². The van der Waals surface area contributed by atoms with Gasteiger partial charge in [0.1, 0.15) is 0 Å². The van der Waals surface area contributed by atoms with E-state index < -0.39 is 0 Å². The Morgan fingerprint density at radius 3 is 2.86 bits per heavy atom. The number of rotatable bonds is 4. The summed E-state index contributed by atoms with van der Waals surface area (Å²) < 4.78 is 0. The number of para-hydroxylation sites is 1. The van der Waals surface area contributed by atoms with Crippen LogP contribution in [0.15, 0.2) is 42.6 Å². The monoisotopic (exact) mass is 408 g/mol. The first-order valence-electron chi connectivity index (χ1n) is 10.2. The van der Waals surface area contributed by atoms with Crippen molar-refractivity contribution in [3.8, 4) is 0 Å². The van der Waals surface area contributed by atoms with Crippen molar-refractivity contribution in [3.05, 3.63) is 58.9 Å². The largest absolute Gasteiger partial charge is 0.353 e. The number of benzene rings is 1. The Hall–Kier alpha value is -2.66. The minimum absolute atomic E-state index is 0.0149. The highest BCUT2D eigenvalue weighted by atomic mass is 35.5. The zero-order chi connectivity index (χ0) is 20.4. The number of carbonyl (C=O) groups is 1. The van der Waals surface area contributed by atoms with Gasteiger partial charge in [-0.15, -0.1) is 0 Å². The molecular weight excluding hydrogens is 384 g/mol. The van der Waals surface area contributed by atoms with E-state index in [9.17, 15) is 4.79 Å². The van der Waals surface area contributed by atoms with E-state index in [1.54, 1.807) is 6.20 Å². The lowest BCUT2D eigenvalue weighted by atomic mass is 9.98. The summed E-state index contributed by atoms with van der Waals surface area (Å²) in [6.07, 6.45) is 5.87. The summed E-state index contributed by atoms with van der Waals surface area (Å²) >= 11 is 6.39. The number of fused-ring (bicyclic) bond motifs is 1. The third-order valence-corrected chi connectivity index (χ3v) is 5.92. The van der Waals surface area contributed by atoms with E-state index in [2.05, 4.69) is 22.2 Å². The van der Waals surface area contributed by atoms with Crippen LogP contribution in [-0.2, 0) is 0 Å². The Labute approximate surface area is 176 Å². The predicted molar refractivity (Wildman–Crippen MR) is 118 cm³/mol. The van der Waals surface area contributed by atoms with Crippen molar-refractivity contribution >= 4 is 39.9 Å². The molecule has 3 heterocycles. The topological polar surface area (TPSA) is 58.1 Å². The van der Waals surface area contributed by atoms with Gasteiger partial charge >= 0.3 is 0 Å². The maximum Gasteiger partial charge on any atom is 0.257 e. The second kappa shape index (κ2) is 8.37. The number of piperidine rings is 1. The highest BCUT2D eigenvalue weighted by Gasteiger charge is 2.29. The van der Waals surface area contributed by atoms with E-state index in [1.807, 2.05) is 48.2 Å². The molecule has 0 radical (unpaired) electrons. The highest BCUT2D eigenvalue weighted by Crippen LogP contribution is 2.33. The van der Waals surface area contributed by atoms with Gasteiger partial charge in [0, 0.05) is 29.9 Å². The van der Waals surface area contributed by atoms with Gasteiger partial charge in [-0.05, 0) is 56.9 Å². The molecule has 4 rings (SSSR count). The zero-order valence-corrected chi connectivity index (χ0v) is 17.5. The molecule has 1 amide bonds. The molecule has 1 atom stereocenters. The Bertz CT molecular complexity index is 1050. The quantitative estimate of drug-likeness (QED) is 0.598. The van der Waals surface area contributed by atoms with Crippen LogP contribution in [0, 0.1) is 6.92 Å². The number of pyridine rings is 2. The summed E-state index contributed by atoms with van der Waals surface area (Å²) in [7, 11) is 0. The van der Waals surface area contributed by atoms with E-state index in [0.29, 0.717) is 21.9 Å². The summed E-state index contributed by atoms with van der Waals surface area (Å²) in [5.41, 5.74) is 3.52. The van der Waals surface area contributed by atoms with Gasteiger partial charge in [0.05, 0.1) is 22.0 Å². The lowest BCUT2D eigenvalue weighted by Crippen LogP contribution is -2.43. The molecule has 0 unspecified atom stereocenters. The molecule has 0 saturated carbocycles. The van der Waals surface area contributed by atoms with Crippen LogP contribution in [0.5, 0.6) is 0 Å². The summed E-state index contributed by atoms with van der Waals surface area (Å²) in [5.74, 6) is 0.0149. The number of carbonyl (C=O) groups excluding carboxylic acids is 1. The number of halogens is 1. The molecule has 1 fully saturated rings. The lowest BCUT2D eigenvalue weighted by molar-refractivity contribution is 0.0609. The highest BCUT2D eigenvalue weighted by molar-refractivity contribution is 6.33. The number of likely N-dealkylation sites (tertiary alicyclic amines) is 1. The fraction of sp³-hybridized carbons (Fsp3) is 0.348. The van der Waals surface area contributed by atoms with Crippen molar-refractivity contribution < 1.29 is 4.79 Å². The Kier molecular flexibility index (Phi) is 5.67. The summed E-state index contributed by atoms with van der Waals surface area (Å²) in [6.45, 7) is 4.86. The zero-order valence-electron chi connectivity index (χ0n) is 16.8. The number of anilines is 2. The average Bonchev–Trinajstić information content (AvgIpc) is 2.74. The second-order valence-electron chi connectivity index (χ2n) is 7.53. The van der Waals surface area contributed by atoms with Crippen LogP contribution in [0.4, 0.5) is 11.4 Å². The van der Waals surface area contributed by atoms with Crippen LogP contribution in [0.25, 0.3) is 11.0 Å². The molecule has 0 aliphatic carbocycles. The molecule has 0 bridgehead atoms. The minimum Gasteiger partial charge on any atom is -0.353 e. The van der Waals surface area contributed by atoms with Gasteiger partial charge in [0.25, 0.3) is 5.91 Å². The molecule has 1 aliphatic heterocycles. The smallest absolute Gasteiger partial charge is 0.257 e. The van der Waals surface area contributed by atoms with Gasteiger partial charge in [-0.3, -0.25) is 4.79 Å². The number of nitrogens with one attached hydrogen (secondary N) is 1. The molecule has 2 aromatic heterocycles. The van der Waals surface area contributed by atoms with Gasteiger partial charge in [0.15, 0.2) is 5.65 Å². The summed E-state index contributed by atoms with van der Waals surface area (Å²) in [6, 6.07) is 11.7. The number of nitrogens with zero attached hydrogens (tertiary/aromatic N) is 3. The molecule has 6 heteroatoms.